The molecule has 0 bridgehead atoms. The molecule has 2 aromatic heterocycles. The van der Waals surface area contributed by atoms with Gasteiger partial charge in [0.05, 0.1) is 25.0 Å². The molecule has 1 saturated carbocycles. The molecule has 0 spiro atoms. The average Bonchev–Trinajstić information content (AvgIpc) is 3.66. The molecule has 1 aromatic carbocycles. The number of methoxy groups -OCH3 is 2. The Labute approximate surface area is 234 Å². The summed E-state index contributed by atoms with van der Waals surface area (Å²) in [5.41, 5.74) is 2.68. The number of amides is 1. The molecule has 0 radical (unpaired) electrons. The fourth-order valence-corrected chi connectivity index (χ4v) is 4.84. The molecule has 2 aliphatic rings. The molecule has 1 amide bonds. The molecule has 212 valence electrons. The number of carbonyl (C=O) groups is 1. The number of benzene rings is 1. The van der Waals surface area contributed by atoms with E-state index in [1.54, 1.807) is 20.4 Å². The van der Waals surface area contributed by atoms with Crippen molar-refractivity contribution in [2.24, 2.45) is 0 Å². The second kappa shape index (κ2) is 11.6. The summed E-state index contributed by atoms with van der Waals surface area (Å²) in [6, 6.07) is 11.9. The van der Waals surface area contributed by atoms with Gasteiger partial charge in [-0.2, -0.15) is 5.10 Å². The summed E-state index contributed by atoms with van der Waals surface area (Å²) in [6.45, 7) is 7.29. The van der Waals surface area contributed by atoms with Gasteiger partial charge in [0.25, 0.3) is 0 Å². The minimum atomic E-state index is -0.518. The van der Waals surface area contributed by atoms with Crippen LogP contribution in [0.15, 0.2) is 42.6 Å². The van der Waals surface area contributed by atoms with Gasteiger partial charge in [0.1, 0.15) is 11.4 Å². The minimum Gasteiger partial charge on any atom is -0.480 e. The van der Waals surface area contributed by atoms with E-state index in [2.05, 4.69) is 25.3 Å². The zero-order chi connectivity index (χ0) is 28.3. The molecule has 1 atom stereocenters. The molecule has 11 nitrogen and oxygen atoms in total. The standard InChI is InChI=1S/C29H36N6O5/c1-29(2,3)40-28(36)35(21-7-8-21)22-12-13-34(17-22)26-11-10-24(31-32-26)23-9-6-19(14-25(23)39-18-37-4)20-15-27(38-5)33-30-16-20/h6,9-11,14-16,21-22H,7-8,12-13,17-18H2,1-5H3/t22-/m0/s1. The van der Waals surface area contributed by atoms with E-state index in [0.717, 1.165) is 48.3 Å². The highest BCUT2D eigenvalue weighted by molar-refractivity contribution is 5.75. The third-order valence-electron chi connectivity index (χ3n) is 6.84. The summed E-state index contributed by atoms with van der Waals surface area (Å²) < 4.78 is 22.0. The summed E-state index contributed by atoms with van der Waals surface area (Å²) in [5.74, 6) is 1.81. The van der Waals surface area contributed by atoms with E-state index >= 15 is 0 Å². The molecular weight excluding hydrogens is 512 g/mol. The fraction of sp³-hybridized carbons (Fsp3) is 0.483. The van der Waals surface area contributed by atoms with Gasteiger partial charge in [-0.05, 0) is 69.9 Å². The van der Waals surface area contributed by atoms with Crippen molar-refractivity contribution in [2.75, 3.05) is 39.0 Å². The molecule has 1 saturated heterocycles. The van der Waals surface area contributed by atoms with Crippen LogP contribution in [0.3, 0.4) is 0 Å². The first kappa shape index (κ1) is 27.6. The van der Waals surface area contributed by atoms with Crippen LogP contribution in [0.5, 0.6) is 11.6 Å². The van der Waals surface area contributed by atoms with E-state index < -0.39 is 5.60 Å². The van der Waals surface area contributed by atoms with Gasteiger partial charge in [-0.1, -0.05) is 6.07 Å². The van der Waals surface area contributed by atoms with E-state index in [1.807, 2.05) is 62.1 Å². The van der Waals surface area contributed by atoms with Crippen molar-refractivity contribution in [3.8, 4) is 34.0 Å². The van der Waals surface area contributed by atoms with Gasteiger partial charge in [0, 0.05) is 43.4 Å². The number of rotatable bonds is 9. The lowest BCUT2D eigenvalue weighted by atomic mass is 10.0. The van der Waals surface area contributed by atoms with Gasteiger partial charge in [-0.3, -0.25) is 0 Å². The maximum atomic E-state index is 12.9. The van der Waals surface area contributed by atoms with Gasteiger partial charge in [-0.25, -0.2) is 4.79 Å². The molecule has 40 heavy (non-hydrogen) atoms. The summed E-state index contributed by atoms with van der Waals surface area (Å²) in [4.78, 5) is 17.1. The topological polar surface area (TPSA) is 112 Å². The third kappa shape index (κ3) is 6.41. The first-order valence-corrected chi connectivity index (χ1v) is 13.5. The molecule has 2 fully saturated rings. The lowest BCUT2D eigenvalue weighted by Gasteiger charge is -2.31. The van der Waals surface area contributed by atoms with E-state index in [0.29, 0.717) is 23.9 Å². The van der Waals surface area contributed by atoms with Crippen LogP contribution in [-0.2, 0) is 9.47 Å². The number of anilines is 1. The third-order valence-corrected chi connectivity index (χ3v) is 6.84. The highest BCUT2D eigenvalue weighted by Gasteiger charge is 2.42. The normalized spacial score (nSPS) is 17.0. The summed E-state index contributed by atoms with van der Waals surface area (Å²) >= 11 is 0. The van der Waals surface area contributed by atoms with E-state index in [4.69, 9.17) is 18.9 Å². The average molecular weight is 549 g/mol. The van der Waals surface area contributed by atoms with Gasteiger partial charge in [-0.15, -0.1) is 15.3 Å². The maximum absolute atomic E-state index is 12.9. The van der Waals surface area contributed by atoms with Gasteiger partial charge in [0.15, 0.2) is 12.6 Å². The van der Waals surface area contributed by atoms with Gasteiger partial charge in [0.2, 0.25) is 5.88 Å². The quantitative estimate of drug-likeness (QED) is 0.353. The van der Waals surface area contributed by atoms with Crippen molar-refractivity contribution in [3.05, 3.63) is 42.6 Å². The Kier molecular flexibility index (Phi) is 8.02. The van der Waals surface area contributed by atoms with E-state index in [9.17, 15) is 4.79 Å². The van der Waals surface area contributed by atoms with Crippen molar-refractivity contribution in [1.82, 2.24) is 25.3 Å². The van der Waals surface area contributed by atoms with Crippen LogP contribution in [0.25, 0.3) is 22.4 Å². The number of aromatic nitrogens is 4. The van der Waals surface area contributed by atoms with Crippen molar-refractivity contribution in [3.63, 3.8) is 0 Å². The summed E-state index contributed by atoms with van der Waals surface area (Å²) in [7, 11) is 3.13. The zero-order valence-corrected chi connectivity index (χ0v) is 23.7. The second-order valence-corrected chi connectivity index (χ2v) is 11.0. The molecule has 1 aliphatic heterocycles. The van der Waals surface area contributed by atoms with E-state index in [-0.39, 0.29) is 25.0 Å². The van der Waals surface area contributed by atoms with Gasteiger partial charge >= 0.3 is 6.09 Å². The van der Waals surface area contributed by atoms with Crippen LogP contribution in [0.2, 0.25) is 0 Å². The Bertz CT molecular complexity index is 1330. The monoisotopic (exact) mass is 548 g/mol. The van der Waals surface area contributed by atoms with Crippen molar-refractivity contribution in [1.29, 1.82) is 0 Å². The SMILES string of the molecule is COCOc1cc(-c2cnnc(OC)c2)ccc1-c1ccc(N2CC[C@H](N(C(=O)OC(C)(C)C)C3CC3)C2)nn1. The van der Waals surface area contributed by atoms with Gasteiger partial charge < -0.3 is 28.7 Å². The summed E-state index contributed by atoms with van der Waals surface area (Å²) in [6.07, 6.45) is 4.37. The molecule has 11 heteroatoms. The Morgan fingerprint density at radius 3 is 2.50 bits per heavy atom. The second-order valence-electron chi connectivity index (χ2n) is 11.0. The molecule has 0 unspecified atom stereocenters. The molecule has 3 heterocycles. The number of carbonyl (C=O) groups excluding carboxylic acids is 1. The predicted molar refractivity (Wildman–Crippen MR) is 149 cm³/mol. The van der Waals surface area contributed by atoms with Crippen molar-refractivity contribution < 1.29 is 23.7 Å². The largest absolute Gasteiger partial charge is 0.480 e. The zero-order valence-electron chi connectivity index (χ0n) is 23.7. The Balaban J connectivity index is 1.32. The Morgan fingerprint density at radius 2 is 1.82 bits per heavy atom. The highest BCUT2D eigenvalue weighted by Crippen LogP contribution is 2.36. The molecule has 3 aromatic rings. The smallest absolute Gasteiger partial charge is 0.410 e. The molecular formula is C29H36N6O5. The van der Waals surface area contributed by atoms with Crippen LogP contribution in [0, 0.1) is 0 Å². The summed E-state index contributed by atoms with van der Waals surface area (Å²) in [5, 5.41) is 17.0. The predicted octanol–water partition coefficient (Wildman–Crippen LogP) is 4.57. The first-order valence-electron chi connectivity index (χ1n) is 13.5. The number of nitrogens with zero attached hydrogens (tertiary/aromatic N) is 6. The van der Waals surface area contributed by atoms with Crippen LogP contribution in [0.4, 0.5) is 10.6 Å². The fourth-order valence-electron chi connectivity index (χ4n) is 4.84. The van der Waals surface area contributed by atoms with Crippen LogP contribution in [-0.4, -0.2) is 83.2 Å². The van der Waals surface area contributed by atoms with Crippen LogP contribution in [0.1, 0.15) is 40.0 Å². The minimum absolute atomic E-state index is 0.0875. The van der Waals surface area contributed by atoms with Crippen molar-refractivity contribution >= 4 is 11.9 Å². The molecule has 0 N–H and O–H groups in total. The molecule has 1 aliphatic carbocycles. The van der Waals surface area contributed by atoms with Crippen molar-refractivity contribution in [2.45, 2.75) is 57.7 Å². The number of hydrogen-bond acceptors (Lipinski definition) is 10. The molecule has 5 rings (SSSR count). The van der Waals surface area contributed by atoms with Crippen LogP contribution < -0.4 is 14.4 Å². The lowest BCUT2D eigenvalue weighted by Crippen LogP contribution is -2.46. The first-order chi connectivity index (χ1) is 19.3. The number of hydrogen-bond donors (Lipinski definition) is 0. The Morgan fingerprint density at radius 1 is 1.00 bits per heavy atom. The van der Waals surface area contributed by atoms with E-state index in [1.165, 1.54) is 0 Å². The maximum Gasteiger partial charge on any atom is 0.410 e. The number of ether oxygens (including phenoxy) is 4. The highest BCUT2D eigenvalue weighted by atomic mass is 16.7. The van der Waals surface area contributed by atoms with Crippen LogP contribution >= 0.6 is 0 Å². The Hall–Kier alpha value is -3.99. The lowest BCUT2D eigenvalue weighted by molar-refractivity contribution is 0.0158.